The minimum atomic E-state index is -0.798. The van der Waals surface area contributed by atoms with E-state index in [1.165, 1.54) is 0 Å². The number of halogens is 5. The predicted octanol–water partition coefficient (Wildman–Crippen LogP) is 5.50. The summed E-state index contributed by atoms with van der Waals surface area (Å²) >= 11 is 12.3. The van der Waals surface area contributed by atoms with Gasteiger partial charge in [-0.15, -0.1) is 0 Å². The highest BCUT2D eigenvalue weighted by Gasteiger charge is 2.19. The van der Waals surface area contributed by atoms with Crippen LogP contribution in [0.5, 0.6) is 0 Å². The second-order valence-corrected chi connectivity index (χ2v) is 6.50. The van der Waals surface area contributed by atoms with Gasteiger partial charge in [0, 0.05) is 14.5 Å². The lowest BCUT2D eigenvalue weighted by molar-refractivity contribution is 0.576. The predicted molar refractivity (Wildman–Crippen MR) is 84.0 cm³/mol. The van der Waals surface area contributed by atoms with Gasteiger partial charge in [-0.25, -0.2) is 8.78 Å². The molecular formula is C14H10Br2ClF2N. The Morgan fingerprint density at radius 3 is 2.30 bits per heavy atom. The smallest absolute Gasteiger partial charge is 0.142 e. The van der Waals surface area contributed by atoms with Gasteiger partial charge in [-0.3, -0.25) is 0 Å². The zero-order valence-electron chi connectivity index (χ0n) is 10.4. The van der Waals surface area contributed by atoms with Crippen LogP contribution < -0.4 is 5.73 Å². The third-order valence-electron chi connectivity index (χ3n) is 2.99. The van der Waals surface area contributed by atoms with Crippen molar-refractivity contribution in [3.05, 3.63) is 66.6 Å². The normalized spacial score (nSPS) is 12.6. The van der Waals surface area contributed by atoms with Crippen molar-refractivity contribution in [2.45, 2.75) is 13.0 Å². The lowest BCUT2D eigenvalue weighted by atomic mass is 9.98. The van der Waals surface area contributed by atoms with Crippen molar-refractivity contribution < 1.29 is 8.78 Å². The van der Waals surface area contributed by atoms with Crippen molar-refractivity contribution in [2.24, 2.45) is 5.73 Å². The van der Waals surface area contributed by atoms with Gasteiger partial charge >= 0.3 is 0 Å². The van der Waals surface area contributed by atoms with E-state index in [1.807, 2.05) is 13.0 Å². The molecule has 0 bridgehead atoms. The monoisotopic (exact) mass is 423 g/mol. The maximum absolute atomic E-state index is 13.9. The molecule has 106 valence electrons. The molecule has 0 aromatic heterocycles. The first-order valence-electron chi connectivity index (χ1n) is 5.66. The second kappa shape index (κ2) is 6.10. The van der Waals surface area contributed by atoms with E-state index in [2.05, 4.69) is 31.9 Å². The van der Waals surface area contributed by atoms with E-state index in [-0.39, 0.29) is 10.6 Å². The Hall–Kier alpha value is -0.490. The van der Waals surface area contributed by atoms with Gasteiger partial charge in [-0.1, -0.05) is 43.5 Å². The molecule has 0 aliphatic rings. The van der Waals surface area contributed by atoms with Crippen molar-refractivity contribution in [3.63, 3.8) is 0 Å². The van der Waals surface area contributed by atoms with Crippen LogP contribution in [0.1, 0.15) is 22.7 Å². The summed E-state index contributed by atoms with van der Waals surface area (Å²) in [7, 11) is 0. The van der Waals surface area contributed by atoms with E-state index < -0.39 is 17.7 Å². The zero-order valence-corrected chi connectivity index (χ0v) is 14.3. The molecule has 2 aromatic rings. The van der Waals surface area contributed by atoms with E-state index in [1.54, 1.807) is 6.07 Å². The second-order valence-electron chi connectivity index (χ2n) is 4.39. The highest BCUT2D eigenvalue weighted by atomic mass is 79.9. The van der Waals surface area contributed by atoms with Crippen molar-refractivity contribution >= 4 is 43.5 Å². The average molecular weight is 425 g/mol. The van der Waals surface area contributed by atoms with Crippen molar-refractivity contribution in [3.8, 4) is 0 Å². The molecule has 2 N–H and O–H groups in total. The lowest BCUT2D eigenvalue weighted by Gasteiger charge is -2.17. The summed E-state index contributed by atoms with van der Waals surface area (Å²) in [5, 5.41) is -0.261. The quantitative estimate of drug-likeness (QED) is 0.632. The molecule has 0 saturated heterocycles. The van der Waals surface area contributed by atoms with E-state index in [0.29, 0.717) is 5.56 Å². The number of hydrogen-bond donors (Lipinski definition) is 1. The van der Waals surface area contributed by atoms with Crippen LogP contribution in [0, 0.1) is 18.6 Å². The van der Waals surface area contributed by atoms with E-state index >= 15 is 0 Å². The fraction of sp³-hybridized carbons (Fsp3) is 0.143. The largest absolute Gasteiger partial charge is 0.320 e. The standard InChI is InChI=1S/C14H10Br2ClF2N/c1-6-2-10(16)7(3-9(6)15)14(20)8-4-13(19)11(17)5-12(8)18/h2-5,14H,20H2,1H3. The molecule has 0 amide bonds. The number of nitrogens with two attached hydrogens (primary N) is 1. The van der Waals surface area contributed by atoms with Crippen LogP contribution in [0.3, 0.4) is 0 Å². The first kappa shape index (κ1) is 15.9. The van der Waals surface area contributed by atoms with E-state index in [9.17, 15) is 8.78 Å². The third kappa shape index (κ3) is 3.06. The van der Waals surface area contributed by atoms with E-state index in [4.69, 9.17) is 17.3 Å². The zero-order chi connectivity index (χ0) is 15.0. The first-order valence-corrected chi connectivity index (χ1v) is 7.63. The van der Waals surface area contributed by atoms with E-state index in [0.717, 1.165) is 26.6 Å². The molecule has 2 aromatic carbocycles. The molecule has 0 aliphatic heterocycles. The summed E-state index contributed by atoms with van der Waals surface area (Å²) in [6.07, 6.45) is 0. The molecule has 1 unspecified atom stereocenters. The molecule has 6 heteroatoms. The maximum Gasteiger partial charge on any atom is 0.142 e. The molecule has 1 nitrogen and oxygen atoms in total. The molecule has 0 radical (unpaired) electrons. The Kier molecular flexibility index (Phi) is 4.84. The first-order chi connectivity index (χ1) is 9.31. The van der Waals surface area contributed by atoms with Gasteiger partial charge in [0.05, 0.1) is 11.1 Å². The summed E-state index contributed by atoms with van der Waals surface area (Å²) in [6.45, 7) is 1.92. The van der Waals surface area contributed by atoms with Crippen LogP contribution in [-0.2, 0) is 0 Å². The lowest BCUT2D eigenvalue weighted by Crippen LogP contribution is -2.15. The molecule has 0 aliphatic carbocycles. The fourth-order valence-corrected chi connectivity index (χ4v) is 3.06. The summed E-state index contributed by atoms with van der Waals surface area (Å²) in [5.74, 6) is -1.33. The van der Waals surface area contributed by atoms with Gasteiger partial charge in [-0.2, -0.15) is 0 Å². The Bertz CT molecular complexity index is 619. The molecule has 0 spiro atoms. The molecular weight excluding hydrogens is 415 g/mol. The molecule has 0 saturated carbocycles. The molecule has 1 atom stereocenters. The minimum absolute atomic E-state index is 0.0587. The third-order valence-corrected chi connectivity index (χ3v) is 4.82. The average Bonchev–Trinajstić information content (AvgIpc) is 2.37. The van der Waals surface area contributed by atoms with Gasteiger partial charge in [0.25, 0.3) is 0 Å². The van der Waals surface area contributed by atoms with Gasteiger partial charge in [0.15, 0.2) is 0 Å². The SMILES string of the molecule is Cc1cc(Br)c(C(N)c2cc(F)c(Cl)cc2F)cc1Br. The summed E-state index contributed by atoms with van der Waals surface area (Å²) in [5.41, 5.74) is 7.78. The van der Waals surface area contributed by atoms with Gasteiger partial charge in [0.2, 0.25) is 0 Å². The molecule has 20 heavy (non-hydrogen) atoms. The number of hydrogen-bond acceptors (Lipinski definition) is 1. The number of aryl methyl sites for hydroxylation is 1. The number of rotatable bonds is 2. The topological polar surface area (TPSA) is 26.0 Å². The minimum Gasteiger partial charge on any atom is -0.320 e. The summed E-state index contributed by atoms with van der Waals surface area (Å²) < 4.78 is 29.0. The van der Waals surface area contributed by atoms with Crippen LogP contribution in [0.2, 0.25) is 5.02 Å². The fourth-order valence-electron chi connectivity index (χ4n) is 1.84. The van der Waals surface area contributed by atoms with Crippen molar-refractivity contribution in [1.29, 1.82) is 0 Å². The summed E-state index contributed by atoms with van der Waals surface area (Å²) in [6, 6.07) is 4.82. The van der Waals surface area contributed by atoms with Crippen LogP contribution >= 0.6 is 43.5 Å². The molecule has 2 rings (SSSR count). The van der Waals surface area contributed by atoms with Crippen LogP contribution in [0.25, 0.3) is 0 Å². The summed E-state index contributed by atoms with van der Waals surface area (Å²) in [4.78, 5) is 0. The highest BCUT2D eigenvalue weighted by molar-refractivity contribution is 9.11. The highest BCUT2D eigenvalue weighted by Crippen LogP contribution is 2.33. The molecule has 0 heterocycles. The van der Waals surface area contributed by atoms with Gasteiger partial charge < -0.3 is 5.73 Å². The van der Waals surface area contributed by atoms with Crippen LogP contribution in [0.15, 0.2) is 33.2 Å². The Morgan fingerprint density at radius 2 is 1.65 bits per heavy atom. The Labute approximate surface area is 137 Å². The van der Waals surface area contributed by atoms with Crippen LogP contribution in [-0.4, -0.2) is 0 Å². The maximum atomic E-state index is 13.9. The van der Waals surface area contributed by atoms with Gasteiger partial charge in [0.1, 0.15) is 11.6 Å². The molecule has 0 fully saturated rings. The Balaban J connectivity index is 2.54. The number of benzene rings is 2. The van der Waals surface area contributed by atoms with Crippen molar-refractivity contribution in [1.82, 2.24) is 0 Å². The Morgan fingerprint density at radius 1 is 1.00 bits per heavy atom. The van der Waals surface area contributed by atoms with Crippen molar-refractivity contribution in [2.75, 3.05) is 0 Å². The van der Waals surface area contributed by atoms with Crippen LogP contribution in [0.4, 0.5) is 8.78 Å². The van der Waals surface area contributed by atoms with Gasteiger partial charge in [-0.05, 0) is 42.3 Å².